The zero-order chi connectivity index (χ0) is 21.6. The van der Waals surface area contributed by atoms with E-state index in [-0.39, 0.29) is 5.41 Å². The molecular formula is C25H38O4. The molecule has 0 N–H and O–H groups in total. The van der Waals surface area contributed by atoms with Gasteiger partial charge in [-0.2, -0.15) is 0 Å². The normalized spacial score (nSPS) is 22.4. The Morgan fingerprint density at radius 1 is 1.10 bits per heavy atom. The van der Waals surface area contributed by atoms with E-state index in [0.29, 0.717) is 35.3 Å². The third-order valence-electron chi connectivity index (χ3n) is 6.57. The van der Waals surface area contributed by atoms with Crippen LogP contribution in [0.1, 0.15) is 58.4 Å². The van der Waals surface area contributed by atoms with Crippen LogP contribution in [-0.2, 0) is 6.42 Å². The highest BCUT2D eigenvalue weighted by atomic mass is 16.5. The van der Waals surface area contributed by atoms with Crippen molar-refractivity contribution in [3.8, 4) is 23.0 Å². The fraction of sp³-hybridized carbons (Fsp3) is 0.600. The highest BCUT2D eigenvalue weighted by Crippen LogP contribution is 2.47. The second-order valence-electron chi connectivity index (χ2n) is 8.46. The van der Waals surface area contributed by atoms with Crippen molar-refractivity contribution in [2.75, 3.05) is 28.4 Å². The molecule has 1 aromatic carbocycles. The summed E-state index contributed by atoms with van der Waals surface area (Å²) in [4.78, 5) is 0. The molecule has 1 aliphatic rings. The third-order valence-corrected chi connectivity index (χ3v) is 6.57. The smallest absolute Gasteiger partial charge is 0.168 e. The highest BCUT2D eigenvalue weighted by molar-refractivity contribution is 5.61. The van der Waals surface area contributed by atoms with Crippen LogP contribution >= 0.6 is 0 Å². The monoisotopic (exact) mass is 402 g/mol. The number of hydrogen-bond donors (Lipinski definition) is 0. The van der Waals surface area contributed by atoms with Gasteiger partial charge in [0.1, 0.15) is 0 Å². The first-order chi connectivity index (χ1) is 13.8. The van der Waals surface area contributed by atoms with E-state index in [4.69, 9.17) is 18.9 Å². The molecule has 0 aromatic heterocycles. The summed E-state index contributed by atoms with van der Waals surface area (Å²) >= 11 is 0. The molecule has 1 fully saturated rings. The van der Waals surface area contributed by atoms with E-state index in [1.807, 2.05) is 0 Å². The first-order valence-electron chi connectivity index (χ1n) is 10.5. The van der Waals surface area contributed by atoms with E-state index in [2.05, 4.69) is 33.4 Å². The van der Waals surface area contributed by atoms with Gasteiger partial charge < -0.3 is 18.9 Å². The number of ether oxygens (including phenoxy) is 4. The first-order valence-corrected chi connectivity index (χ1v) is 10.5. The number of benzene rings is 1. The molecule has 2 rings (SSSR count). The van der Waals surface area contributed by atoms with Crippen molar-refractivity contribution in [2.45, 2.75) is 59.3 Å². The third kappa shape index (κ3) is 5.09. The van der Waals surface area contributed by atoms with Crippen molar-refractivity contribution in [3.05, 3.63) is 35.4 Å². The maximum atomic E-state index is 5.64. The molecule has 0 bridgehead atoms. The van der Waals surface area contributed by atoms with Gasteiger partial charge in [0.15, 0.2) is 23.0 Å². The zero-order valence-electron chi connectivity index (χ0n) is 19.3. The van der Waals surface area contributed by atoms with Crippen molar-refractivity contribution in [2.24, 2.45) is 11.3 Å². The Balaban J connectivity index is 2.20. The van der Waals surface area contributed by atoms with E-state index in [1.165, 1.54) is 30.4 Å². The minimum Gasteiger partial charge on any atom is -0.493 e. The lowest BCUT2D eigenvalue weighted by molar-refractivity contribution is 0.247. The lowest BCUT2D eigenvalue weighted by atomic mass is 9.65. The molecule has 0 unspecified atom stereocenters. The van der Waals surface area contributed by atoms with Crippen LogP contribution in [0.15, 0.2) is 29.9 Å². The van der Waals surface area contributed by atoms with Gasteiger partial charge in [-0.05, 0) is 50.4 Å². The molecular weight excluding hydrogens is 364 g/mol. The molecule has 0 spiro atoms. The SMILES string of the molecule is C=C1[C@H](C)CCC[C@]1(C)CC/C(C)=C/Cc1c(OC)c(OC)cc(OC)c1OC. The molecule has 2 atom stereocenters. The predicted molar refractivity (Wildman–Crippen MR) is 120 cm³/mol. The van der Waals surface area contributed by atoms with Crippen LogP contribution in [0.3, 0.4) is 0 Å². The van der Waals surface area contributed by atoms with E-state index in [9.17, 15) is 0 Å². The average Bonchev–Trinajstić information content (AvgIpc) is 2.73. The Hall–Kier alpha value is -2.10. The number of allylic oxidation sites excluding steroid dienone is 3. The van der Waals surface area contributed by atoms with Crippen molar-refractivity contribution >= 4 is 0 Å². The standard InChI is InChI=1S/C25H38O4/c1-17(13-15-25(4)14-9-10-18(2)19(25)3)11-12-20-23(28-7)21(26-5)16-22(27-6)24(20)29-8/h11,16,18H,3,9-10,12-15H2,1-2,4-8H3/b17-11+/t18-,25-/m1/s1. The molecule has 0 amide bonds. The van der Waals surface area contributed by atoms with Crippen LogP contribution in [-0.4, -0.2) is 28.4 Å². The molecule has 0 saturated heterocycles. The Kier molecular flexibility index (Phi) is 8.06. The van der Waals surface area contributed by atoms with Crippen LogP contribution < -0.4 is 18.9 Å². The van der Waals surface area contributed by atoms with Crippen LogP contribution in [0.25, 0.3) is 0 Å². The Labute approximate surface area is 176 Å². The fourth-order valence-corrected chi connectivity index (χ4v) is 4.45. The summed E-state index contributed by atoms with van der Waals surface area (Å²) in [6.07, 6.45) is 9.00. The molecule has 1 saturated carbocycles. The van der Waals surface area contributed by atoms with Gasteiger partial charge in [0, 0.05) is 11.6 Å². The van der Waals surface area contributed by atoms with Gasteiger partial charge in [-0.3, -0.25) is 0 Å². The molecule has 29 heavy (non-hydrogen) atoms. The highest BCUT2D eigenvalue weighted by Gasteiger charge is 2.33. The van der Waals surface area contributed by atoms with Gasteiger partial charge in [0.25, 0.3) is 0 Å². The molecule has 162 valence electrons. The van der Waals surface area contributed by atoms with Gasteiger partial charge in [-0.1, -0.05) is 44.1 Å². The number of rotatable bonds is 9. The van der Waals surface area contributed by atoms with Gasteiger partial charge in [0.2, 0.25) is 0 Å². The quantitative estimate of drug-likeness (QED) is 0.450. The van der Waals surface area contributed by atoms with Gasteiger partial charge in [-0.25, -0.2) is 0 Å². The first kappa shape index (κ1) is 23.2. The van der Waals surface area contributed by atoms with Crippen LogP contribution in [0.5, 0.6) is 23.0 Å². The van der Waals surface area contributed by atoms with Crippen molar-refractivity contribution in [3.63, 3.8) is 0 Å². The summed E-state index contributed by atoms with van der Waals surface area (Å²) in [5.74, 6) is 3.31. The van der Waals surface area contributed by atoms with Crippen molar-refractivity contribution in [1.82, 2.24) is 0 Å². The zero-order valence-corrected chi connectivity index (χ0v) is 19.3. The Morgan fingerprint density at radius 2 is 1.69 bits per heavy atom. The fourth-order valence-electron chi connectivity index (χ4n) is 4.45. The maximum absolute atomic E-state index is 5.64. The van der Waals surface area contributed by atoms with Crippen LogP contribution in [0.4, 0.5) is 0 Å². The topological polar surface area (TPSA) is 36.9 Å². The minimum atomic E-state index is 0.251. The molecule has 0 radical (unpaired) electrons. The second kappa shape index (κ2) is 10.1. The number of methoxy groups -OCH3 is 4. The van der Waals surface area contributed by atoms with Crippen LogP contribution in [0.2, 0.25) is 0 Å². The van der Waals surface area contributed by atoms with Crippen molar-refractivity contribution in [1.29, 1.82) is 0 Å². The molecule has 4 nitrogen and oxygen atoms in total. The summed E-state index contributed by atoms with van der Waals surface area (Å²) < 4.78 is 22.3. The Bertz CT molecular complexity index is 719. The van der Waals surface area contributed by atoms with Crippen LogP contribution in [0, 0.1) is 11.3 Å². The van der Waals surface area contributed by atoms with Gasteiger partial charge in [-0.15, -0.1) is 0 Å². The largest absolute Gasteiger partial charge is 0.493 e. The molecule has 1 aromatic rings. The average molecular weight is 403 g/mol. The number of hydrogen-bond acceptors (Lipinski definition) is 4. The van der Waals surface area contributed by atoms with Crippen molar-refractivity contribution < 1.29 is 18.9 Å². The summed E-state index contributed by atoms with van der Waals surface area (Å²) in [6, 6.07) is 1.80. The van der Waals surface area contributed by atoms with E-state index in [0.717, 1.165) is 18.4 Å². The summed E-state index contributed by atoms with van der Waals surface area (Å²) in [5.41, 5.74) is 3.98. The molecule has 4 heteroatoms. The maximum Gasteiger partial charge on any atom is 0.168 e. The lowest BCUT2D eigenvalue weighted by Gasteiger charge is -2.40. The minimum absolute atomic E-state index is 0.251. The van der Waals surface area contributed by atoms with E-state index in [1.54, 1.807) is 34.5 Å². The van der Waals surface area contributed by atoms with Gasteiger partial charge in [0.05, 0.1) is 28.4 Å². The van der Waals surface area contributed by atoms with E-state index < -0.39 is 0 Å². The lowest BCUT2D eigenvalue weighted by Crippen LogP contribution is -2.27. The summed E-state index contributed by atoms with van der Waals surface area (Å²) in [6.45, 7) is 11.3. The molecule has 0 heterocycles. The summed E-state index contributed by atoms with van der Waals surface area (Å²) in [7, 11) is 6.57. The van der Waals surface area contributed by atoms with Gasteiger partial charge >= 0.3 is 0 Å². The summed E-state index contributed by atoms with van der Waals surface area (Å²) in [5, 5.41) is 0. The second-order valence-corrected chi connectivity index (χ2v) is 8.46. The van der Waals surface area contributed by atoms with E-state index >= 15 is 0 Å². The Morgan fingerprint density at radius 3 is 2.21 bits per heavy atom. The molecule has 1 aliphatic carbocycles. The predicted octanol–water partition coefficient (Wildman–Crippen LogP) is 6.37. The molecule has 0 aliphatic heterocycles.